The van der Waals surface area contributed by atoms with Gasteiger partial charge in [-0.25, -0.2) is 0 Å². The maximum atomic E-state index is 12.8. The Hall–Kier alpha value is -2.41. The molecule has 7 heteroatoms. The molecule has 0 radical (unpaired) electrons. The Bertz CT molecular complexity index is 805. The first kappa shape index (κ1) is 18.9. The van der Waals surface area contributed by atoms with Crippen LogP contribution in [0.5, 0.6) is 0 Å². The van der Waals surface area contributed by atoms with Gasteiger partial charge in [-0.1, -0.05) is 6.42 Å². The maximum Gasteiger partial charge on any atom is 0.253 e. The third-order valence-electron chi connectivity index (χ3n) is 5.84. The number of aromatic nitrogens is 3. The summed E-state index contributed by atoms with van der Waals surface area (Å²) in [4.78, 5) is 19.2. The fourth-order valence-corrected chi connectivity index (χ4v) is 4.06. The first-order valence-corrected chi connectivity index (χ1v) is 10.3. The second kappa shape index (κ2) is 8.31. The van der Waals surface area contributed by atoms with Gasteiger partial charge in [0.05, 0.1) is 6.54 Å². The normalized spacial score (nSPS) is 17.9. The molecule has 0 atom stereocenters. The van der Waals surface area contributed by atoms with Crippen LogP contribution in [-0.2, 0) is 19.5 Å². The third-order valence-corrected chi connectivity index (χ3v) is 5.84. The van der Waals surface area contributed by atoms with Gasteiger partial charge in [-0.15, -0.1) is 10.2 Å². The maximum absolute atomic E-state index is 12.8. The minimum Gasteiger partial charge on any atom is -0.378 e. The number of carbonyl (C=O) groups excluding carboxylic acids is 1. The molecule has 3 heterocycles. The summed E-state index contributed by atoms with van der Waals surface area (Å²) < 4.78 is 2.32. The van der Waals surface area contributed by atoms with E-state index in [1.165, 1.54) is 19.3 Å². The molecule has 0 aliphatic carbocycles. The standard InChI is InChI=1S/C21H30N6O/c1-24(2)18-9-7-17(8-10-18)21(28)26-14-12-25(13-15-26)16-20-23-22-19-6-4-3-5-11-27(19)20/h7-10H,3-6,11-16H2,1-2H3. The van der Waals surface area contributed by atoms with Crippen molar-refractivity contribution in [3.63, 3.8) is 0 Å². The van der Waals surface area contributed by atoms with Gasteiger partial charge < -0.3 is 14.4 Å². The van der Waals surface area contributed by atoms with Crippen molar-refractivity contribution in [3.05, 3.63) is 41.5 Å². The molecule has 28 heavy (non-hydrogen) atoms. The second-order valence-corrected chi connectivity index (χ2v) is 8.00. The van der Waals surface area contributed by atoms with Crippen LogP contribution in [0.15, 0.2) is 24.3 Å². The van der Waals surface area contributed by atoms with Crippen molar-refractivity contribution in [1.29, 1.82) is 0 Å². The van der Waals surface area contributed by atoms with Gasteiger partial charge in [-0.2, -0.15) is 0 Å². The van der Waals surface area contributed by atoms with Gasteiger partial charge in [0.1, 0.15) is 11.6 Å². The molecule has 2 aromatic rings. The average Bonchev–Trinajstić information content (AvgIpc) is 2.94. The number of hydrogen-bond acceptors (Lipinski definition) is 5. The molecular formula is C21H30N6O. The van der Waals surface area contributed by atoms with Crippen molar-refractivity contribution >= 4 is 11.6 Å². The number of hydrogen-bond donors (Lipinski definition) is 0. The summed E-state index contributed by atoms with van der Waals surface area (Å²) in [5, 5.41) is 8.85. The summed E-state index contributed by atoms with van der Waals surface area (Å²) in [6, 6.07) is 7.85. The van der Waals surface area contributed by atoms with Crippen LogP contribution in [0.4, 0.5) is 5.69 Å². The van der Waals surface area contributed by atoms with Gasteiger partial charge in [-0.3, -0.25) is 9.69 Å². The molecule has 0 bridgehead atoms. The van der Waals surface area contributed by atoms with Crippen LogP contribution in [0.3, 0.4) is 0 Å². The molecule has 150 valence electrons. The highest BCUT2D eigenvalue weighted by molar-refractivity contribution is 5.94. The zero-order valence-corrected chi connectivity index (χ0v) is 17.0. The van der Waals surface area contributed by atoms with E-state index in [0.29, 0.717) is 0 Å². The summed E-state index contributed by atoms with van der Waals surface area (Å²) in [6.07, 6.45) is 4.75. The Morgan fingerprint density at radius 3 is 2.43 bits per heavy atom. The molecule has 1 amide bonds. The van der Waals surface area contributed by atoms with E-state index in [0.717, 1.165) is 68.6 Å². The highest BCUT2D eigenvalue weighted by atomic mass is 16.2. The highest BCUT2D eigenvalue weighted by Crippen LogP contribution is 2.18. The molecule has 0 saturated carbocycles. The summed E-state index contributed by atoms with van der Waals surface area (Å²) in [7, 11) is 4.01. The molecule has 7 nitrogen and oxygen atoms in total. The zero-order valence-electron chi connectivity index (χ0n) is 17.0. The largest absolute Gasteiger partial charge is 0.378 e. The number of fused-ring (bicyclic) bond motifs is 1. The van der Waals surface area contributed by atoms with E-state index >= 15 is 0 Å². The van der Waals surface area contributed by atoms with E-state index in [9.17, 15) is 4.79 Å². The van der Waals surface area contributed by atoms with Gasteiger partial charge in [0.25, 0.3) is 5.91 Å². The lowest BCUT2D eigenvalue weighted by atomic mass is 10.1. The molecule has 0 spiro atoms. The van der Waals surface area contributed by atoms with Gasteiger partial charge in [-0.05, 0) is 37.1 Å². The smallest absolute Gasteiger partial charge is 0.253 e. The first-order valence-electron chi connectivity index (χ1n) is 10.3. The van der Waals surface area contributed by atoms with E-state index < -0.39 is 0 Å². The number of aryl methyl sites for hydroxylation is 1. The number of benzene rings is 1. The van der Waals surface area contributed by atoms with E-state index in [1.54, 1.807) is 0 Å². The second-order valence-electron chi connectivity index (χ2n) is 8.00. The number of carbonyl (C=O) groups is 1. The molecule has 0 unspecified atom stereocenters. The van der Waals surface area contributed by atoms with Gasteiger partial charge >= 0.3 is 0 Å². The quantitative estimate of drug-likeness (QED) is 0.810. The number of nitrogens with zero attached hydrogens (tertiary/aromatic N) is 6. The monoisotopic (exact) mass is 382 g/mol. The van der Waals surface area contributed by atoms with E-state index in [-0.39, 0.29) is 5.91 Å². The summed E-state index contributed by atoms with van der Waals surface area (Å²) >= 11 is 0. The van der Waals surface area contributed by atoms with Crippen LogP contribution >= 0.6 is 0 Å². The first-order chi connectivity index (χ1) is 13.6. The minimum absolute atomic E-state index is 0.126. The van der Waals surface area contributed by atoms with Crippen LogP contribution in [0.2, 0.25) is 0 Å². The molecule has 1 aromatic carbocycles. The lowest BCUT2D eigenvalue weighted by Gasteiger charge is -2.34. The molecular weight excluding hydrogens is 352 g/mol. The van der Waals surface area contributed by atoms with Crippen LogP contribution in [-0.4, -0.2) is 70.7 Å². The molecule has 1 saturated heterocycles. The van der Waals surface area contributed by atoms with Crippen molar-refractivity contribution in [2.45, 2.75) is 38.8 Å². The molecule has 0 N–H and O–H groups in total. The molecule has 2 aliphatic rings. The Kier molecular flexibility index (Phi) is 5.62. The van der Waals surface area contributed by atoms with Crippen molar-refractivity contribution < 1.29 is 4.79 Å². The van der Waals surface area contributed by atoms with E-state index in [1.807, 2.05) is 48.2 Å². The summed E-state index contributed by atoms with van der Waals surface area (Å²) in [5.41, 5.74) is 1.87. The molecule has 1 aromatic heterocycles. The van der Waals surface area contributed by atoms with Gasteiger partial charge in [0.15, 0.2) is 0 Å². The van der Waals surface area contributed by atoms with E-state index in [2.05, 4.69) is 19.7 Å². The highest BCUT2D eigenvalue weighted by Gasteiger charge is 2.24. The van der Waals surface area contributed by atoms with Crippen LogP contribution < -0.4 is 4.90 Å². The lowest BCUT2D eigenvalue weighted by molar-refractivity contribution is 0.0624. The van der Waals surface area contributed by atoms with Crippen molar-refractivity contribution in [3.8, 4) is 0 Å². The fourth-order valence-electron chi connectivity index (χ4n) is 4.06. The Morgan fingerprint density at radius 1 is 0.964 bits per heavy atom. The molecule has 2 aliphatic heterocycles. The van der Waals surface area contributed by atoms with Crippen LogP contribution in [0, 0.1) is 0 Å². The van der Waals surface area contributed by atoms with Crippen molar-refractivity contribution in [2.24, 2.45) is 0 Å². The topological polar surface area (TPSA) is 57.5 Å². The Balaban J connectivity index is 1.33. The van der Waals surface area contributed by atoms with Crippen molar-refractivity contribution in [1.82, 2.24) is 24.6 Å². The zero-order chi connectivity index (χ0) is 19.5. The lowest BCUT2D eigenvalue weighted by Crippen LogP contribution is -2.48. The molecule has 1 fully saturated rings. The number of anilines is 1. The van der Waals surface area contributed by atoms with Gasteiger partial charge in [0.2, 0.25) is 0 Å². The molecule has 4 rings (SSSR count). The minimum atomic E-state index is 0.126. The number of piperazine rings is 1. The summed E-state index contributed by atoms with van der Waals surface area (Å²) in [5.74, 6) is 2.35. The third kappa shape index (κ3) is 4.04. The van der Waals surface area contributed by atoms with Crippen molar-refractivity contribution in [2.75, 3.05) is 45.2 Å². The summed E-state index contributed by atoms with van der Waals surface area (Å²) in [6.45, 7) is 5.14. The van der Waals surface area contributed by atoms with Crippen LogP contribution in [0.1, 0.15) is 41.3 Å². The van der Waals surface area contributed by atoms with Crippen LogP contribution in [0.25, 0.3) is 0 Å². The predicted molar refractivity (Wildman–Crippen MR) is 110 cm³/mol. The SMILES string of the molecule is CN(C)c1ccc(C(=O)N2CCN(Cc3nnc4n3CCCCC4)CC2)cc1. The average molecular weight is 383 g/mol. The fraction of sp³-hybridized carbons (Fsp3) is 0.571. The number of rotatable bonds is 4. The van der Waals surface area contributed by atoms with Gasteiger partial charge in [0, 0.05) is 64.5 Å². The number of amides is 1. The Labute approximate surface area is 166 Å². The Morgan fingerprint density at radius 2 is 1.71 bits per heavy atom. The predicted octanol–water partition coefficient (Wildman–Crippen LogP) is 2.03. The van der Waals surface area contributed by atoms with E-state index in [4.69, 9.17) is 0 Å².